The molecule has 2 atom stereocenters. The van der Waals surface area contributed by atoms with Gasteiger partial charge in [0.05, 0.1) is 36.2 Å². The molecule has 0 saturated carbocycles. The fourth-order valence-corrected chi connectivity index (χ4v) is 6.41. The number of sulfonamides is 1. The Kier molecular flexibility index (Phi) is 6.41. The minimum Gasteiger partial charge on any atom is -0.377 e. The lowest BCUT2D eigenvalue weighted by Crippen LogP contribution is -2.61. The highest BCUT2D eigenvalue weighted by Crippen LogP contribution is 2.37. The van der Waals surface area contributed by atoms with E-state index in [2.05, 4.69) is 25.2 Å². The second-order valence-electron chi connectivity index (χ2n) is 9.32. The molecule has 5 heterocycles. The lowest BCUT2D eigenvalue weighted by atomic mass is 10.0. The number of anilines is 1. The summed E-state index contributed by atoms with van der Waals surface area (Å²) >= 11 is 0.556. The molecule has 2 aliphatic rings. The summed E-state index contributed by atoms with van der Waals surface area (Å²) in [4.78, 5) is 4.96. The molecule has 17 heteroatoms. The number of halogens is 5. The zero-order valence-electron chi connectivity index (χ0n) is 19.5. The van der Waals surface area contributed by atoms with Gasteiger partial charge in [0, 0.05) is 25.3 Å². The van der Waals surface area contributed by atoms with E-state index in [1.807, 2.05) is 0 Å². The number of pyridine rings is 1. The topological polar surface area (TPSA) is 114 Å². The van der Waals surface area contributed by atoms with Gasteiger partial charge in [-0.05, 0) is 19.9 Å². The Hall–Kier alpha value is -2.47. The lowest BCUT2D eigenvalue weighted by molar-refractivity contribution is -0.150. The van der Waals surface area contributed by atoms with E-state index in [0.717, 1.165) is 4.90 Å². The van der Waals surface area contributed by atoms with Gasteiger partial charge in [-0.2, -0.15) is 13.2 Å². The summed E-state index contributed by atoms with van der Waals surface area (Å²) in [6.07, 6.45) is -5.06. The zero-order chi connectivity index (χ0) is 26.8. The smallest absolute Gasteiger partial charge is 0.377 e. The number of ether oxygens (including phenoxy) is 1. The molecule has 202 valence electrons. The minimum atomic E-state index is -4.62. The number of imidazole rings is 1. The van der Waals surface area contributed by atoms with Gasteiger partial charge in [-0.1, -0.05) is 11.3 Å². The van der Waals surface area contributed by atoms with Crippen LogP contribution in [0.2, 0.25) is 0 Å². The lowest BCUT2D eigenvalue weighted by Gasteiger charge is -2.42. The van der Waals surface area contributed by atoms with Gasteiger partial charge >= 0.3 is 6.18 Å². The molecule has 2 aliphatic heterocycles. The normalized spacial score (nSPS) is 22.5. The predicted octanol–water partition coefficient (Wildman–Crippen LogP) is 2.59. The van der Waals surface area contributed by atoms with E-state index in [1.54, 1.807) is 13.8 Å². The van der Waals surface area contributed by atoms with E-state index >= 15 is 0 Å². The molecular weight excluding hydrogens is 545 g/mol. The first-order chi connectivity index (χ1) is 17.3. The second-order valence-corrected chi connectivity index (χ2v) is 12.0. The molecule has 5 rings (SSSR count). The van der Waals surface area contributed by atoms with Crippen LogP contribution < -0.4 is 14.9 Å². The summed E-state index contributed by atoms with van der Waals surface area (Å²) < 4.78 is 104. The molecular formula is C20H22F5N7O3S2. The maximum atomic E-state index is 14.0. The van der Waals surface area contributed by atoms with E-state index in [-0.39, 0.29) is 52.7 Å². The van der Waals surface area contributed by atoms with Crippen molar-refractivity contribution in [3.05, 3.63) is 23.5 Å². The molecule has 0 aliphatic carbocycles. The number of alkyl halides is 5. The van der Waals surface area contributed by atoms with Crippen LogP contribution >= 0.6 is 11.3 Å². The fraction of sp³-hybridized carbons (Fsp3) is 0.550. The SMILES string of the molecule is CC1CN(c2cc(S(=O)(=O)NC3(C)COC3)cn3c(-c4nnc(C(F)F)s4)ncc23)C(C(F)(F)F)CN1. The standard InChI is InChI=1S/C20H22F5N7O3S2/c1-10-6-31(14(5-26-10)20(23,24)25)12-3-11(37(33,34)30-19(2)8-35-9-19)7-32-13(12)4-27-16(32)18-29-28-17(36-18)15(21)22/h3-4,7,10,14-15,26,30H,5-6,8-9H2,1-2H3. The molecule has 0 spiro atoms. The van der Waals surface area contributed by atoms with Crippen LogP contribution in [0.3, 0.4) is 0 Å². The van der Waals surface area contributed by atoms with Crippen LogP contribution in [0.15, 0.2) is 23.4 Å². The Labute approximate surface area is 211 Å². The third-order valence-electron chi connectivity index (χ3n) is 6.14. The molecule has 2 N–H and O–H groups in total. The van der Waals surface area contributed by atoms with Gasteiger partial charge in [0.2, 0.25) is 10.0 Å². The van der Waals surface area contributed by atoms with E-state index in [4.69, 9.17) is 4.74 Å². The minimum absolute atomic E-state index is 0.0223. The van der Waals surface area contributed by atoms with E-state index in [9.17, 15) is 30.4 Å². The van der Waals surface area contributed by atoms with Crippen LogP contribution in [0, 0.1) is 0 Å². The molecule has 3 aromatic rings. The van der Waals surface area contributed by atoms with Gasteiger partial charge < -0.3 is 15.0 Å². The molecule has 37 heavy (non-hydrogen) atoms. The molecule has 2 unspecified atom stereocenters. The van der Waals surface area contributed by atoms with Crippen LogP contribution in [0.4, 0.5) is 27.6 Å². The summed E-state index contributed by atoms with van der Waals surface area (Å²) in [7, 11) is -4.24. The third kappa shape index (κ3) is 4.89. The number of fused-ring (bicyclic) bond motifs is 1. The van der Waals surface area contributed by atoms with Gasteiger partial charge in [0.25, 0.3) is 6.43 Å². The van der Waals surface area contributed by atoms with Crippen LogP contribution in [-0.4, -0.2) is 78.1 Å². The van der Waals surface area contributed by atoms with Crippen molar-refractivity contribution in [1.29, 1.82) is 0 Å². The maximum Gasteiger partial charge on any atom is 0.409 e. The van der Waals surface area contributed by atoms with Crippen molar-refractivity contribution in [2.24, 2.45) is 0 Å². The van der Waals surface area contributed by atoms with Crippen LogP contribution in [-0.2, 0) is 14.8 Å². The Bertz CT molecular complexity index is 1420. The molecule has 0 radical (unpaired) electrons. The van der Waals surface area contributed by atoms with E-state index in [1.165, 1.54) is 22.9 Å². The molecule has 2 saturated heterocycles. The molecule has 0 amide bonds. The van der Waals surface area contributed by atoms with Crippen molar-refractivity contribution < 1.29 is 35.1 Å². The Balaban J connectivity index is 1.70. The number of hydrogen-bond donors (Lipinski definition) is 2. The van der Waals surface area contributed by atoms with Gasteiger partial charge in [0.1, 0.15) is 10.9 Å². The Morgan fingerprint density at radius 2 is 2.03 bits per heavy atom. The fourth-order valence-electron chi connectivity index (χ4n) is 4.32. The van der Waals surface area contributed by atoms with Crippen molar-refractivity contribution in [2.75, 3.05) is 31.2 Å². The molecule has 10 nitrogen and oxygen atoms in total. The van der Waals surface area contributed by atoms with Gasteiger partial charge in [-0.3, -0.25) is 4.40 Å². The summed E-state index contributed by atoms with van der Waals surface area (Å²) in [6.45, 7) is 3.13. The Morgan fingerprint density at radius 3 is 2.62 bits per heavy atom. The first-order valence-electron chi connectivity index (χ1n) is 11.1. The quantitative estimate of drug-likeness (QED) is 0.437. The highest BCUT2D eigenvalue weighted by atomic mass is 32.2. The number of aromatic nitrogens is 4. The van der Waals surface area contributed by atoms with Crippen molar-refractivity contribution in [2.45, 2.75) is 49.0 Å². The monoisotopic (exact) mass is 567 g/mol. The summed E-state index contributed by atoms with van der Waals surface area (Å²) in [5, 5.41) is 9.37. The largest absolute Gasteiger partial charge is 0.409 e. The van der Waals surface area contributed by atoms with Crippen LogP contribution in [0.25, 0.3) is 16.3 Å². The van der Waals surface area contributed by atoms with E-state index in [0.29, 0.717) is 11.3 Å². The number of nitrogens with one attached hydrogen (secondary N) is 2. The van der Waals surface area contributed by atoms with E-state index < -0.39 is 45.8 Å². The van der Waals surface area contributed by atoms with Crippen molar-refractivity contribution in [3.63, 3.8) is 0 Å². The van der Waals surface area contributed by atoms with Crippen molar-refractivity contribution >= 4 is 32.6 Å². The first-order valence-corrected chi connectivity index (χ1v) is 13.4. The highest BCUT2D eigenvalue weighted by Gasteiger charge is 2.47. The first kappa shape index (κ1) is 26.1. The van der Waals surface area contributed by atoms with Crippen molar-refractivity contribution in [3.8, 4) is 10.8 Å². The molecule has 0 aromatic carbocycles. The second kappa shape index (κ2) is 9.07. The summed E-state index contributed by atoms with van der Waals surface area (Å²) in [5.74, 6) is -0.0253. The molecule has 2 fully saturated rings. The molecule has 0 bridgehead atoms. The number of rotatable bonds is 6. The average molecular weight is 568 g/mol. The van der Waals surface area contributed by atoms with Crippen molar-refractivity contribution in [1.82, 2.24) is 29.6 Å². The zero-order valence-corrected chi connectivity index (χ0v) is 21.1. The van der Waals surface area contributed by atoms with Gasteiger partial charge in [-0.15, -0.1) is 10.2 Å². The van der Waals surface area contributed by atoms with Crippen LogP contribution in [0.1, 0.15) is 25.3 Å². The highest BCUT2D eigenvalue weighted by molar-refractivity contribution is 7.89. The van der Waals surface area contributed by atoms with Gasteiger partial charge in [0.15, 0.2) is 15.8 Å². The molecule has 3 aromatic heterocycles. The Morgan fingerprint density at radius 1 is 1.30 bits per heavy atom. The number of nitrogens with zero attached hydrogens (tertiary/aromatic N) is 5. The van der Waals surface area contributed by atoms with Crippen LogP contribution in [0.5, 0.6) is 0 Å². The summed E-state index contributed by atoms with van der Waals surface area (Å²) in [6, 6.07) is -1.10. The summed E-state index contributed by atoms with van der Waals surface area (Å²) in [5.41, 5.74) is -0.745. The number of piperazine rings is 1. The third-order valence-corrected chi connectivity index (χ3v) is 8.67. The number of hydrogen-bond acceptors (Lipinski definition) is 9. The van der Waals surface area contributed by atoms with Gasteiger partial charge in [-0.25, -0.2) is 26.9 Å². The average Bonchev–Trinajstić information content (AvgIpc) is 3.43. The predicted molar refractivity (Wildman–Crippen MR) is 123 cm³/mol. The maximum absolute atomic E-state index is 14.0.